The second-order valence-corrected chi connectivity index (χ2v) is 8.68. The van der Waals surface area contributed by atoms with E-state index in [2.05, 4.69) is 10.6 Å². The molecule has 2 aromatic carbocycles. The summed E-state index contributed by atoms with van der Waals surface area (Å²) in [5.74, 6) is -1.01. The van der Waals surface area contributed by atoms with Crippen LogP contribution in [0.5, 0.6) is 0 Å². The van der Waals surface area contributed by atoms with Gasteiger partial charge in [-0.1, -0.05) is 17.7 Å². The zero-order valence-corrected chi connectivity index (χ0v) is 16.1. The number of aryl methyl sites for hydroxylation is 1. The van der Waals surface area contributed by atoms with E-state index in [-0.39, 0.29) is 17.3 Å². The van der Waals surface area contributed by atoms with Gasteiger partial charge in [0.05, 0.1) is 17.4 Å². The third-order valence-electron chi connectivity index (χ3n) is 4.55. The minimum absolute atomic E-state index is 0.0511. The smallest absolute Gasteiger partial charge is 0.243 e. The number of hydrogen-bond donors (Lipinski definition) is 2. The van der Waals surface area contributed by atoms with E-state index in [1.54, 1.807) is 25.1 Å². The normalized spacial score (nSPS) is 16.1. The number of hydrogen-bond acceptors (Lipinski definition) is 4. The molecule has 0 radical (unpaired) electrons. The van der Waals surface area contributed by atoms with E-state index < -0.39 is 21.8 Å². The summed E-state index contributed by atoms with van der Waals surface area (Å²) in [6.45, 7) is 3.34. The molecule has 0 aliphatic carbocycles. The van der Waals surface area contributed by atoms with Gasteiger partial charge in [0.1, 0.15) is 0 Å². The molecule has 7 nitrogen and oxygen atoms in total. The molecule has 1 atom stereocenters. The van der Waals surface area contributed by atoms with E-state index in [1.165, 1.54) is 19.2 Å². The van der Waals surface area contributed by atoms with Crippen LogP contribution in [0.2, 0.25) is 0 Å². The molecule has 142 valence electrons. The Bertz CT molecular complexity index is 1000. The first kappa shape index (κ1) is 19.1. The highest BCUT2D eigenvalue weighted by Gasteiger charge is 2.30. The van der Waals surface area contributed by atoms with Crippen LogP contribution >= 0.6 is 0 Å². The molecule has 1 aliphatic heterocycles. The zero-order chi connectivity index (χ0) is 19.8. The topological polar surface area (TPSA) is 95.6 Å². The molecule has 2 amide bonds. The molecule has 8 heteroatoms. The fraction of sp³-hybridized carbons (Fsp3) is 0.263. The lowest BCUT2D eigenvalue weighted by Crippen LogP contribution is -2.35. The minimum atomic E-state index is -3.86. The maximum atomic E-state index is 12.8. The van der Waals surface area contributed by atoms with Crippen molar-refractivity contribution in [3.05, 3.63) is 53.6 Å². The van der Waals surface area contributed by atoms with Crippen LogP contribution in [0.1, 0.15) is 24.0 Å². The summed E-state index contributed by atoms with van der Waals surface area (Å²) in [6, 6.07) is 11.7. The number of likely N-dealkylation sites (N-methyl/N-ethyl adjacent to an activating group) is 1. The first-order valence-corrected chi connectivity index (χ1v) is 9.90. The highest BCUT2D eigenvalue weighted by molar-refractivity contribution is 7.89. The van der Waals surface area contributed by atoms with E-state index in [1.807, 2.05) is 19.1 Å². The van der Waals surface area contributed by atoms with Gasteiger partial charge in [0.25, 0.3) is 0 Å². The maximum Gasteiger partial charge on any atom is 0.243 e. The molecule has 0 aromatic heterocycles. The van der Waals surface area contributed by atoms with Crippen LogP contribution in [0.3, 0.4) is 0 Å². The first-order valence-electron chi connectivity index (χ1n) is 8.46. The highest BCUT2D eigenvalue weighted by atomic mass is 32.2. The van der Waals surface area contributed by atoms with Gasteiger partial charge in [-0.25, -0.2) is 8.42 Å². The van der Waals surface area contributed by atoms with Crippen LogP contribution in [-0.2, 0) is 19.6 Å². The maximum absolute atomic E-state index is 12.8. The van der Waals surface area contributed by atoms with Gasteiger partial charge >= 0.3 is 0 Å². The Morgan fingerprint density at radius 1 is 1.19 bits per heavy atom. The summed E-state index contributed by atoms with van der Waals surface area (Å²) < 4.78 is 26.6. The van der Waals surface area contributed by atoms with Crippen LogP contribution in [0.4, 0.5) is 11.4 Å². The van der Waals surface area contributed by atoms with Gasteiger partial charge in [-0.15, -0.1) is 0 Å². The molecule has 27 heavy (non-hydrogen) atoms. The number of benzene rings is 2. The second-order valence-electron chi connectivity index (χ2n) is 6.64. The lowest BCUT2D eigenvalue weighted by Gasteiger charge is -2.17. The first-order chi connectivity index (χ1) is 12.7. The zero-order valence-electron chi connectivity index (χ0n) is 15.3. The quantitative estimate of drug-likeness (QED) is 0.823. The van der Waals surface area contributed by atoms with E-state index in [9.17, 15) is 18.0 Å². The molecule has 2 N–H and O–H groups in total. The largest absolute Gasteiger partial charge is 0.325 e. The van der Waals surface area contributed by atoms with Gasteiger partial charge in [-0.2, -0.15) is 4.31 Å². The van der Waals surface area contributed by atoms with Crippen LogP contribution in [-0.4, -0.2) is 38.1 Å². The summed E-state index contributed by atoms with van der Waals surface area (Å²) in [7, 11) is -2.51. The number of amides is 2. The average molecular weight is 387 g/mol. The van der Waals surface area contributed by atoms with Gasteiger partial charge in [0.15, 0.2) is 0 Å². The molecule has 1 aliphatic rings. The van der Waals surface area contributed by atoms with E-state index >= 15 is 0 Å². The van der Waals surface area contributed by atoms with E-state index in [0.717, 1.165) is 9.87 Å². The lowest BCUT2D eigenvalue weighted by atomic mass is 10.0. The van der Waals surface area contributed by atoms with Crippen molar-refractivity contribution in [2.75, 3.05) is 24.2 Å². The fourth-order valence-electron chi connectivity index (χ4n) is 2.86. The van der Waals surface area contributed by atoms with Gasteiger partial charge in [-0.3, -0.25) is 9.59 Å². The molecule has 2 aromatic rings. The van der Waals surface area contributed by atoms with Crippen molar-refractivity contribution in [3.63, 3.8) is 0 Å². The molecule has 0 saturated heterocycles. The second kappa shape index (κ2) is 7.13. The van der Waals surface area contributed by atoms with Crippen LogP contribution in [0.15, 0.2) is 47.4 Å². The number of sulfonamides is 1. The molecular formula is C19H21N3O4S. The van der Waals surface area contributed by atoms with Crippen molar-refractivity contribution in [2.45, 2.75) is 24.7 Å². The third kappa shape index (κ3) is 3.86. The Balaban J connectivity index is 1.74. The molecule has 0 saturated carbocycles. The van der Waals surface area contributed by atoms with Gasteiger partial charge in [0.2, 0.25) is 21.8 Å². The van der Waals surface area contributed by atoms with Crippen molar-refractivity contribution >= 4 is 33.2 Å². The average Bonchev–Trinajstić information content (AvgIpc) is 2.90. The SMILES string of the molecule is Cc1ccc(NC(=O)CN(C)S(=O)(=O)c2ccc3c(c2)[C@@H](C)C(=O)N3)cc1. The molecule has 0 fully saturated rings. The van der Waals surface area contributed by atoms with Crippen LogP contribution < -0.4 is 10.6 Å². The molecular weight excluding hydrogens is 366 g/mol. The fourth-order valence-corrected chi connectivity index (χ4v) is 4.02. The number of anilines is 2. The van der Waals surface area contributed by atoms with Gasteiger partial charge < -0.3 is 10.6 Å². The molecule has 0 spiro atoms. The summed E-state index contributed by atoms with van der Waals surface area (Å²) >= 11 is 0. The molecule has 0 bridgehead atoms. The Morgan fingerprint density at radius 3 is 2.52 bits per heavy atom. The molecule has 3 rings (SSSR count). The number of fused-ring (bicyclic) bond motifs is 1. The number of nitrogens with one attached hydrogen (secondary N) is 2. The summed E-state index contributed by atoms with van der Waals surface area (Å²) in [5, 5.41) is 5.39. The summed E-state index contributed by atoms with van der Waals surface area (Å²) in [6.07, 6.45) is 0. The van der Waals surface area contributed by atoms with Gasteiger partial charge in [-0.05, 0) is 49.7 Å². The van der Waals surface area contributed by atoms with E-state index in [4.69, 9.17) is 0 Å². The monoisotopic (exact) mass is 387 g/mol. The Kier molecular flexibility index (Phi) is 5.03. The van der Waals surface area contributed by atoms with Crippen LogP contribution in [0.25, 0.3) is 0 Å². The lowest BCUT2D eigenvalue weighted by molar-refractivity contribution is -0.117. The van der Waals surface area contributed by atoms with Crippen molar-refractivity contribution in [1.29, 1.82) is 0 Å². The van der Waals surface area contributed by atoms with Crippen molar-refractivity contribution in [3.8, 4) is 0 Å². The van der Waals surface area contributed by atoms with Crippen molar-refractivity contribution in [2.24, 2.45) is 0 Å². The highest BCUT2D eigenvalue weighted by Crippen LogP contribution is 2.34. The number of carbonyl (C=O) groups is 2. The Labute approximate surface area is 158 Å². The minimum Gasteiger partial charge on any atom is -0.325 e. The Hall–Kier alpha value is -2.71. The predicted octanol–water partition coefficient (Wildman–Crippen LogP) is 2.31. The van der Waals surface area contributed by atoms with E-state index in [0.29, 0.717) is 16.9 Å². The van der Waals surface area contributed by atoms with Gasteiger partial charge in [0, 0.05) is 18.4 Å². The number of rotatable bonds is 5. The van der Waals surface area contributed by atoms with Crippen LogP contribution in [0, 0.1) is 6.92 Å². The Morgan fingerprint density at radius 2 is 1.85 bits per heavy atom. The van der Waals surface area contributed by atoms with Crippen molar-refractivity contribution < 1.29 is 18.0 Å². The predicted molar refractivity (Wildman–Crippen MR) is 103 cm³/mol. The number of nitrogens with zero attached hydrogens (tertiary/aromatic N) is 1. The summed E-state index contributed by atoms with van der Waals surface area (Å²) in [5.41, 5.74) is 2.92. The summed E-state index contributed by atoms with van der Waals surface area (Å²) in [4.78, 5) is 24.0. The molecule has 1 heterocycles. The standard InChI is InChI=1S/C19H21N3O4S/c1-12-4-6-14(7-5-12)20-18(23)11-22(3)27(25,26)15-8-9-17-16(10-15)13(2)19(24)21-17/h4-10,13H,11H2,1-3H3,(H,20,23)(H,21,24)/t13-/m1/s1. The number of carbonyl (C=O) groups excluding carboxylic acids is 2. The molecule has 0 unspecified atom stereocenters. The third-order valence-corrected chi connectivity index (χ3v) is 6.35. The van der Waals surface area contributed by atoms with Crippen molar-refractivity contribution in [1.82, 2.24) is 4.31 Å².